The highest BCUT2D eigenvalue weighted by atomic mass is 79.9. The Balaban J connectivity index is 1.98. The summed E-state index contributed by atoms with van der Waals surface area (Å²) in [7, 11) is 0. The summed E-state index contributed by atoms with van der Waals surface area (Å²) in [5.74, 6) is -1.40. The van der Waals surface area contributed by atoms with Crippen LogP contribution in [0.5, 0.6) is 0 Å². The van der Waals surface area contributed by atoms with Crippen LogP contribution in [0.15, 0.2) is 59.1 Å². The van der Waals surface area contributed by atoms with E-state index < -0.39 is 5.97 Å². The van der Waals surface area contributed by atoms with Crippen LogP contribution in [0.4, 0.5) is 0 Å². The zero-order chi connectivity index (χ0) is 16.7. The maximum absolute atomic E-state index is 12.1. The number of carboxylic acid groups (broad SMARTS) is 1. The molecule has 1 amide bonds. The van der Waals surface area contributed by atoms with Crippen LogP contribution in [-0.4, -0.2) is 17.0 Å². The lowest BCUT2D eigenvalue weighted by Crippen LogP contribution is -2.25. The lowest BCUT2D eigenvalue weighted by atomic mass is 9.92. The molecule has 2 N–H and O–H groups in total. The van der Waals surface area contributed by atoms with Gasteiger partial charge in [0.25, 0.3) is 0 Å². The van der Waals surface area contributed by atoms with Crippen molar-refractivity contribution in [1.82, 2.24) is 5.32 Å². The molecule has 0 aliphatic rings. The average molecular weight is 376 g/mol. The van der Waals surface area contributed by atoms with E-state index in [1.54, 1.807) is 0 Å². The van der Waals surface area contributed by atoms with E-state index >= 15 is 0 Å². The van der Waals surface area contributed by atoms with Gasteiger partial charge in [0, 0.05) is 23.4 Å². The van der Waals surface area contributed by atoms with Crippen molar-refractivity contribution in [2.45, 2.75) is 25.3 Å². The van der Waals surface area contributed by atoms with Gasteiger partial charge in [0.1, 0.15) is 0 Å². The van der Waals surface area contributed by atoms with Crippen molar-refractivity contribution < 1.29 is 14.7 Å². The maximum atomic E-state index is 12.1. The van der Waals surface area contributed by atoms with Gasteiger partial charge in [0.15, 0.2) is 0 Å². The average Bonchev–Trinajstić information content (AvgIpc) is 2.53. The first-order chi connectivity index (χ1) is 11.0. The molecule has 2 rings (SSSR count). The van der Waals surface area contributed by atoms with Gasteiger partial charge in [-0.1, -0.05) is 58.4 Å². The molecule has 0 aromatic heterocycles. The van der Waals surface area contributed by atoms with Crippen LogP contribution < -0.4 is 5.32 Å². The number of halogens is 1. The van der Waals surface area contributed by atoms with Crippen LogP contribution in [-0.2, 0) is 16.1 Å². The van der Waals surface area contributed by atoms with E-state index in [2.05, 4.69) is 21.2 Å². The van der Waals surface area contributed by atoms with Gasteiger partial charge in [-0.25, -0.2) is 0 Å². The number of carboxylic acids is 1. The number of amides is 1. The summed E-state index contributed by atoms with van der Waals surface area (Å²) >= 11 is 3.35. The number of rotatable bonds is 7. The van der Waals surface area contributed by atoms with E-state index in [0.717, 1.165) is 15.6 Å². The smallest absolute Gasteiger partial charge is 0.303 e. The van der Waals surface area contributed by atoms with Gasteiger partial charge < -0.3 is 10.4 Å². The Hall–Kier alpha value is -2.14. The minimum Gasteiger partial charge on any atom is -0.481 e. The highest BCUT2D eigenvalue weighted by Gasteiger charge is 2.19. The highest BCUT2D eigenvalue weighted by molar-refractivity contribution is 9.10. The van der Waals surface area contributed by atoms with Crippen molar-refractivity contribution in [2.75, 3.05) is 0 Å². The number of benzene rings is 2. The first kappa shape index (κ1) is 17.2. The van der Waals surface area contributed by atoms with Crippen molar-refractivity contribution in [2.24, 2.45) is 0 Å². The first-order valence-corrected chi connectivity index (χ1v) is 8.12. The van der Waals surface area contributed by atoms with E-state index in [1.165, 1.54) is 0 Å². The molecule has 0 aliphatic heterocycles. The predicted octanol–water partition coefficient (Wildman–Crippen LogP) is 3.71. The number of carbonyl (C=O) groups is 2. The molecule has 2 aromatic carbocycles. The summed E-state index contributed by atoms with van der Waals surface area (Å²) < 4.78 is 0.920. The van der Waals surface area contributed by atoms with Crippen molar-refractivity contribution in [3.8, 4) is 0 Å². The van der Waals surface area contributed by atoms with Gasteiger partial charge in [0.2, 0.25) is 5.91 Å². The van der Waals surface area contributed by atoms with E-state index in [-0.39, 0.29) is 24.7 Å². The normalized spacial score (nSPS) is 11.7. The lowest BCUT2D eigenvalue weighted by Gasteiger charge is -2.15. The highest BCUT2D eigenvalue weighted by Crippen LogP contribution is 2.25. The van der Waals surface area contributed by atoms with Gasteiger partial charge in [-0.2, -0.15) is 0 Å². The predicted molar refractivity (Wildman–Crippen MR) is 92.0 cm³/mol. The zero-order valence-electron chi connectivity index (χ0n) is 12.5. The fourth-order valence-corrected chi connectivity index (χ4v) is 2.61. The molecule has 1 unspecified atom stereocenters. The Labute approximate surface area is 143 Å². The van der Waals surface area contributed by atoms with Crippen molar-refractivity contribution in [3.63, 3.8) is 0 Å². The Morgan fingerprint density at radius 1 is 1.00 bits per heavy atom. The Morgan fingerprint density at radius 3 is 2.26 bits per heavy atom. The zero-order valence-corrected chi connectivity index (χ0v) is 14.1. The van der Waals surface area contributed by atoms with Gasteiger partial charge >= 0.3 is 5.97 Å². The van der Waals surface area contributed by atoms with Crippen LogP contribution >= 0.6 is 15.9 Å². The second-order valence-corrected chi connectivity index (χ2v) is 6.23. The van der Waals surface area contributed by atoms with Crippen LogP contribution in [0, 0.1) is 0 Å². The van der Waals surface area contributed by atoms with Crippen LogP contribution in [0.1, 0.15) is 29.9 Å². The van der Waals surface area contributed by atoms with Crippen molar-refractivity contribution in [1.29, 1.82) is 0 Å². The lowest BCUT2D eigenvalue weighted by molar-refractivity contribution is -0.137. The molecule has 4 nitrogen and oxygen atoms in total. The number of hydrogen-bond acceptors (Lipinski definition) is 2. The first-order valence-electron chi connectivity index (χ1n) is 7.32. The second kappa shape index (κ2) is 8.48. The van der Waals surface area contributed by atoms with Crippen molar-refractivity contribution in [3.05, 3.63) is 70.2 Å². The third kappa shape index (κ3) is 5.87. The minimum atomic E-state index is -0.909. The number of hydrogen-bond donors (Lipinski definition) is 2. The minimum absolute atomic E-state index is 0.0691. The third-order valence-corrected chi connectivity index (χ3v) is 4.06. The number of carbonyl (C=O) groups excluding carboxylic acids is 1. The summed E-state index contributed by atoms with van der Waals surface area (Å²) in [6.45, 7) is 0.444. The molecule has 2 aromatic rings. The van der Waals surface area contributed by atoms with Gasteiger partial charge in [-0.3, -0.25) is 9.59 Å². The summed E-state index contributed by atoms with van der Waals surface area (Å²) in [6, 6.07) is 17.0. The molecule has 0 bridgehead atoms. The molecule has 0 fully saturated rings. The molecule has 0 spiro atoms. The van der Waals surface area contributed by atoms with E-state index in [9.17, 15) is 9.59 Å². The topological polar surface area (TPSA) is 66.4 Å². The second-order valence-electron chi connectivity index (χ2n) is 5.31. The largest absolute Gasteiger partial charge is 0.481 e. The molecule has 0 heterocycles. The molecule has 0 saturated heterocycles. The third-order valence-electron chi connectivity index (χ3n) is 3.53. The number of nitrogens with one attached hydrogen (secondary N) is 1. The van der Waals surface area contributed by atoms with Gasteiger partial charge in [0.05, 0.1) is 6.42 Å². The van der Waals surface area contributed by atoms with Crippen LogP contribution in [0.2, 0.25) is 0 Å². The fourth-order valence-electron chi connectivity index (χ4n) is 2.35. The summed E-state index contributed by atoms with van der Waals surface area (Å²) in [5, 5.41) is 11.9. The molecule has 0 saturated carbocycles. The molecule has 0 radical (unpaired) electrons. The SMILES string of the molecule is O=C(O)CC(CC(=O)NCc1ccccc1)c1ccc(Br)cc1. The summed E-state index contributed by atoms with van der Waals surface area (Å²) in [4.78, 5) is 23.2. The Bertz CT molecular complexity index is 656. The summed E-state index contributed by atoms with van der Waals surface area (Å²) in [5.41, 5.74) is 1.87. The molecule has 120 valence electrons. The fraction of sp³-hybridized carbons (Fsp3) is 0.222. The molecular weight excluding hydrogens is 358 g/mol. The molecule has 0 aliphatic carbocycles. The van der Waals surface area contributed by atoms with Gasteiger partial charge in [-0.05, 0) is 23.3 Å². The Kier molecular flexibility index (Phi) is 6.35. The van der Waals surface area contributed by atoms with Gasteiger partial charge in [-0.15, -0.1) is 0 Å². The van der Waals surface area contributed by atoms with E-state index in [1.807, 2.05) is 54.6 Å². The number of aliphatic carboxylic acids is 1. The quantitative estimate of drug-likeness (QED) is 0.774. The Morgan fingerprint density at radius 2 is 1.65 bits per heavy atom. The standard InChI is InChI=1S/C18H18BrNO3/c19-16-8-6-14(7-9-16)15(11-18(22)23)10-17(21)20-12-13-4-2-1-3-5-13/h1-9,15H,10-12H2,(H,20,21)(H,22,23). The van der Waals surface area contributed by atoms with Crippen molar-refractivity contribution >= 4 is 27.8 Å². The maximum Gasteiger partial charge on any atom is 0.303 e. The van der Waals surface area contributed by atoms with E-state index in [4.69, 9.17) is 5.11 Å². The van der Waals surface area contributed by atoms with Crippen LogP contribution in [0.25, 0.3) is 0 Å². The molecular formula is C18H18BrNO3. The monoisotopic (exact) mass is 375 g/mol. The van der Waals surface area contributed by atoms with Crippen LogP contribution in [0.3, 0.4) is 0 Å². The van der Waals surface area contributed by atoms with E-state index in [0.29, 0.717) is 6.54 Å². The summed E-state index contributed by atoms with van der Waals surface area (Å²) in [6.07, 6.45) is 0.0845. The molecule has 23 heavy (non-hydrogen) atoms. The molecule has 1 atom stereocenters. The molecule has 5 heteroatoms.